The molecule has 4 rings (SSSR count). The molecular weight excluding hydrogens is 360 g/mol. The van der Waals surface area contributed by atoms with Crippen molar-refractivity contribution < 1.29 is 14.7 Å². The molecule has 1 aliphatic heterocycles. The minimum atomic E-state index is -1.07. The summed E-state index contributed by atoms with van der Waals surface area (Å²) >= 11 is 3.16. The summed E-state index contributed by atoms with van der Waals surface area (Å²) in [4.78, 5) is 36.4. The molecule has 0 unspecified atom stereocenters. The van der Waals surface area contributed by atoms with E-state index in [4.69, 9.17) is 5.11 Å². The molecule has 25 heavy (non-hydrogen) atoms. The van der Waals surface area contributed by atoms with Gasteiger partial charge in [0.1, 0.15) is 0 Å². The smallest absolute Gasteiger partial charge is 0.354 e. The molecule has 1 aliphatic rings. The second-order valence-electron chi connectivity index (χ2n) is 5.59. The van der Waals surface area contributed by atoms with E-state index >= 15 is 0 Å². The van der Waals surface area contributed by atoms with Crippen LogP contribution in [0.3, 0.4) is 0 Å². The van der Waals surface area contributed by atoms with Gasteiger partial charge in [0, 0.05) is 41.8 Å². The summed E-state index contributed by atoms with van der Waals surface area (Å²) in [7, 11) is 0. The van der Waals surface area contributed by atoms with E-state index < -0.39 is 5.97 Å². The summed E-state index contributed by atoms with van der Waals surface area (Å²) in [6, 6.07) is 5.36. The molecule has 0 aromatic carbocycles. The minimum absolute atomic E-state index is 0.0258. The SMILES string of the molecule is O=C(O)c1ccnc(N2CCN(C(=O)c3cc4sccc4s3)CC2)n1. The van der Waals surface area contributed by atoms with E-state index in [0.29, 0.717) is 32.1 Å². The molecule has 4 heterocycles. The van der Waals surface area contributed by atoms with Crippen LogP contribution in [0.25, 0.3) is 9.40 Å². The van der Waals surface area contributed by atoms with E-state index in [1.165, 1.54) is 23.6 Å². The number of piperazine rings is 1. The number of nitrogens with zero attached hydrogens (tertiary/aromatic N) is 4. The van der Waals surface area contributed by atoms with Crippen molar-refractivity contribution >= 4 is 49.9 Å². The van der Waals surface area contributed by atoms with Crippen molar-refractivity contribution in [3.8, 4) is 0 Å². The van der Waals surface area contributed by atoms with Gasteiger partial charge in [-0.05, 0) is 23.6 Å². The number of carbonyl (C=O) groups is 2. The zero-order chi connectivity index (χ0) is 17.4. The van der Waals surface area contributed by atoms with Crippen LogP contribution < -0.4 is 4.90 Å². The van der Waals surface area contributed by atoms with Crippen molar-refractivity contribution in [1.29, 1.82) is 0 Å². The summed E-state index contributed by atoms with van der Waals surface area (Å²) in [6.07, 6.45) is 1.45. The van der Waals surface area contributed by atoms with Gasteiger partial charge in [-0.2, -0.15) is 0 Å². The number of fused-ring (bicyclic) bond motifs is 1. The van der Waals surface area contributed by atoms with Gasteiger partial charge in [0.2, 0.25) is 5.95 Å². The van der Waals surface area contributed by atoms with Gasteiger partial charge in [0.25, 0.3) is 5.91 Å². The van der Waals surface area contributed by atoms with Gasteiger partial charge in [-0.25, -0.2) is 14.8 Å². The predicted octanol–water partition coefficient (Wildman–Crippen LogP) is 2.41. The molecule has 0 saturated carbocycles. The largest absolute Gasteiger partial charge is 0.477 e. The Hall–Kier alpha value is -2.52. The molecule has 3 aromatic rings. The Labute approximate surface area is 151 Å². The topological polar surface area (TPSA) is 86.6 Å². The van der Waals surface area contributed by atoms with Gasteiger partial charge in [-0.1, -0.05) is 0 Å². The third kappa shape index (κ3) is 3.08. The number of carboxylic acids is 1. The number of hydrogen-bond donors (Lipinski definition) is 1. The second kappa shape index (κ2) is 6.41. The zero-order valence-electron chi connectivity index (χ0n) is 13.1. The van der Waals surface area contributed by atoms with Crippen LogP contribution >= 0.6 is 22.7 Å². The standard InChI is InChI=1S/C16H14N4O3S2/c21-14(13-9-12-11(25-13)2-8-24-12)19-4-6-20(7-5-19)16-17-3-1-10(18-16)15(22)23/h1-3,8-9H,4-7H2,(H,22,23). The van der Waals surface area contributed by atoms with Gasteiger partial charge < -0.3 is 14.9 Å². The average molecular weight is 374 g/mol. The van der Waals surface area contributed by atoms with E-state index in [0.717, 1.165) is 14.3 Å². The number of aromatic carboxylic acids is 1. The molecule has 9 heteroatoms. The number of anilines is 1. The van der Waals surface area contributed by atoms with Crippen LogP contribution in [-0.2, 0) is 0 Å². The maximum Gasteiger partial charge on any atom is 0.354 e. The quantitative estimate of drug-likeness (QED) is 0.758. The lowest BCUT2D eigenvalue weighted by molar-refractivity contribution is 0.0690. The lowest BCUT2D eigenvalue weighted by Gasteiger charge is -2.34. The first-order chi connectivity index (χ1) is 12.1. The molecule has 0 spiro atoms. The third-order valence-electron chi connectivity index (χ3n) is 4.06. The normalized spacial score (nSPS) is 14.9. The Morgan fingerprint density at radius 1 is 1.12 bits per heavy atom. The molecule has 3 aromatic heterocycles. The number of rotatable bonds is 3. The Morgan fingerprint density at radius 3 is 2.64 bits per heavy atom. The number of thiophene rings is 2. The molecule has 1 fully saturated rings. The first-order valence-electron chi connectivity index (χ1n) is 7.69. The summed E-state index contributed by atoms with van der Waals surface area (Å²) in [6.45, 7) is 2.28. The summed E-state index contributed by atoms with van der Waals surface area (Å²) < 4.78 is 2.29. The van der Waals surface area contributed by atoms with Gasteiger partial charge in [-0.15, -0.1) is 22.7 Å². The zero-order valence-corrected chi connectivity index (χ0v) is 14.7. The third-order valence-corrected chi connectivity index (χ3v) is 6.14. The minimum Gasteiger partial charge on any atom is -0.477 e. The van der Waals surface area contributed by atoms with Crippen molar-refractivity contribution in [2.24, 2.45) is 0 Å². The number of carboxylic acid groups (broad SMARTS) is 1. The summed E-state index contributed by atoms with van der Waals surface area (Å²) in [5.74, 6) is -0.632. The maximum absolute atomic E-state index is 12.7. The molecule has 0 aliphatic carbocycles. The lowest BCUT2D eigenvalue weighted by Crippen LogP contribution is -2.49. The highest BCUT2D eigenvalue weighted by molar-refractivity contribution is 7.27. The van der Waals surface area contributed by atoms with Crippen molar-refractivity contribution in [3.05, 3.63) is 40.3 Å². The first kappa shape index (κ1) is 16.0. The molecule has 1 N–H and O–H groups in total. The van der Waals surface area contributed by atoms with E-state index in [9.17, 15) is 9.59 Å². The average Bonchev–Trinajstić information content (AvgIpc) is 3.23. The Morgan fingerprint density at radius 2 is 1.92 bits per heavy atom. The molecule has 1 amide bonds. The molecule has 0 bridgehead atoms. The van der Waals surface area contributed by atoms with Crippen LogP contribution in [0.15, 0.2) is 29.8 Å². The van der Waals surface area contributed by atoms with Crippen LogP contribution in [0.2, 0.25) is 0 Å². The van der Waals surface area contributed by atoms with Gasteiger partial charge >= 0.3 is 5.97 Å². The predicted molar refractivity (Wildman–Crippen MR) is 96.8 cm³/mol. The number of hydrogen-bond acceptors (Lipinski definition) is 7. The van der Waals surface area contributed by atoms with E-state index in [2.05, 4.69) is 9.97 Å². The lowest BCUT2D eigenvalue weighted by atomic mass is 10.3. The molecule has 1 saturated heterocycles. The fourth-order valence-corrected chi connectivity index (χ4v) is 4.83. The summed E-state index contributed by atoms with van der Waals surface area (Å²) in [5, 5.41) is 11.1. The van der Waals surface area contributed by atoms with Crippen LogP contribution in [0.1, 0.15) is 20.2 Å². The van der Waals surface area contributed by atoms with Gasteiger partial charge in [0.05, 0.1) is 4.88 Å². The Kier molecular flexibility index (Phi) is 4.10. The molecule has 7 nitrogen and oxygen atoms in total. The Balaban J connectivity index is 1.44. The number of carbonyl (C=O) groups excluding carboxylic acids is 1. The molecule has 128 valence electrons. The van der Waals surface area contributed by atoms with E-state index in [1.54, 1.807) is 11.3 Å². The van der Waals surface area contributed by atoms with Gasteiger partial charge in [0.15, 0.2) is 5.69 Å². The maximum atomic E-state index is 12.7. The molecular formula is C16H14N4O3S2. The van der Waals surface area contributed by atoms with E-state index in [-0.39, 0.29) is 11.6 Å². The summed E-state index contributed by atoms with van der Waals surface area (Å²) in [5.41, 5.74) is -0.0258. The highest BCUT2D eigenvalue weighted by Crippen LogP contribution is 2.30. The van der Waals surface area contributed by atoms with Crippen LogP contribution in [0.5, 0.6) is 0 Å². The Bertz CT molecular complexity index is 915. The van der Waals surface area contributed by atoms with Crippen LogP contribution in [0, 0.1) is 0 Å². The fourth-order valence-electron chi connectivity index (χ4n) is 2.76. The highest BCUT2D eigenvalue weighted by atomic mass is 32.1. The number of amides is 1. The molecule has 0 radical (unpaired) electrons. The fraction of sp³-hybridized carbons (Fsp3) is 0.250. The first-order valence-corrected chi connectivity index (χ1v) is 9.39. The number of aromatic nitrogens is 2. The van der Waals surface area contributed by atoms with Crippen molar-refractivity contribution in [2.45, 2.75) is 0 Å². The van der Waals surface area contributed by atoms with E-state index in [1.807, 2.05) is 27.3 Å². The van der Waals surface area contributed by atoms with Crippen molar-refractivity contribution in [1.82, 2.24) is 14.9 Å². The van der Waals surface area contributed by atoms with Crippen molar-refractivity contribution in [2.75, 3.05) is 31.1 Å². The van der Waals surface area contributed by atoms with Crippen LogP contribution in [0.4, 0.5) is 5.95 Å². The van der Waals surface area contributed by atoms with Crippen molar-refractivity contribution in [3.63, 3.8) is 0 Å². The second-order valence-corrected chi connectivity index (χ2v) is 7.62. The van der Waals surface area contributed by atoms with Gasteiger partial charge in [-0.3, -0.25) is 4.79 Å². The molecule has 0 atom stereocenters. The highest BCUT2D eigenvalue weighted by Gasteiger charge is 2.25. The monoisotopic (exact) mass is 374 g/mol. The van der Waals surface area contributed by atoms with Crippen LogP contribution in [-0.4, -0.2) is 58.0 Å².